The third-order valence-electron chi connectivity index (χ3n) is 4.94. The summed E-state index contributed by atoms with van der Waals surface area (Å²) in [6, 6.07) is 2.29. The van der Waals surface area contributed by atoms with E-state index in [-0.39, 0.29) is 12.3 Å². The molecule has 3 N–H and O–H groups in total. The molecule has 3 rings (SSSR count). The Labute approximate surface area is 177 Å². The minimum atomic E-state index is -0.421. The molecular formula is C19H24N6O2S2. The molecule has 8 nitrogen and oxygen atoms in total. The van der Waals surface area contributed by atoms with Crippen molar-refractivity contribution in [3.63, 3.8) is 0 Å². The number of amides is 2. The van der Waals surface area contributed by atoms with Crippen molar-refractivity contribution in [3.05, 3.63) is 21.8 Å². The number of hydrogen-bond acceptors (Lipinski definition) is 7. The SMILES string of the molecule is C[C@@H](Sc1nnc(CCC(N)=O)n1C)C(=O)Nc1sc2c(c1C#N)CCCCC2. The molecule has 2 aromatic heterocycles. The smallest absolute Gasteiger partial charge is 0.238 e. The summed E-state index contributed by atoms with van der Waals surface area (Å²) in [5.41, 5.74) is 6.91. The molecule has 29 heavy (non-hydrogen) atoms. The van der Waals surface area contributed by atoms with Crippen molar-refractivity contribution in [2.45, 2.75) is 62.3 Å². The molecule has 0 spiro atoms. The number of nitriles is 1. The first-order chi connectivity index (χ1) is 13.9. The van der Waals surface area contributed by atoms with E-state index in [0.29, 0.717) is 28.0 Å². The highest BCUT2D eigenvalue weighted by Crippen LogP contribution is 2.37. The Bertz CT molecular complexity index is 959. The predicted molar refractivity (Wildman–Crippen MR) is 113 cm³/mol. The Morgan fingerprint density at radius 3 is 2.83 bits per heavy atom. The van der Waals surface area contributed by atoms with Crippen LogP contribution in [0.3, 0.4) is 0 Å². The highest BCUT2D eigenvalue weighted by Gasteiger charge is 2.24. The molecule has 2 heterocycles. The van der Waals surface area contributed by atoms with Crippen LogP contribution in [0.2, 0.25) is 0 Å². The maximum absolute atomic E-state index is 12.7. The second-order valence-electron chi connectivity index (χ2n) is 7.05. The lowest BCUT2D eigenvalue weighted by Crippen LogP contribution is -2.22. The van der Waals surface area contributed by atoms with Crippen molar-refractivity contribution >= 4 is 39.9 Å². The van der Waals surface area contributed by atoms with Gasteiger partial charge in [-0.2, -0.15) is 5.26 Å². The number of primary amides is 1. The highest BCUT2D eigenvalue weighted by molar-refractivity contribution is 8.00. The van der Waals surface area contributed by atoms with Gasteiger partial charge in [0.25, 0.3) is 0 Å². The van der Waals surface area contributed by atoms with Gasteiger partial charge in [0.1, 0.15) is 16.9 Å². The van der Waals surface area contributed by atoms with Gasteiger partial charge < -0.3 is 15.6 Å². The van der Waals surface area contributed by atoms with Crippen molar-refractivity contribution in [3.8, 4) is 6.07 Å². The van der Waals surface area contributed by atoms with Crippen LogP contribution in [0.1, 0.15) is 54.4 Å². The molecule has 1 aliphatic rings. The van der Waals surface area contributed by atoms with Gasteiger partial charge in [0.15, 0.2) is 5.16 Å². The van der Waals surface area contributed by atoms with Crippen LogP contribution in [-0.2, 0) is 35.9 Å². The van der Waals surface area contributed by atoms with Gasteiger partial charge in [-0.1, -0.05) is 18.2 Å². The van der Waals surface area contributed by atoms with Crippen LogP contribution in [0.4, 0.5) is 5.00 Å². The molecular weight excluding hydrogens is 408 g/mol. The van der Waals surface area contributed by atoms with Crippen molar-refractivity contribution in [1.82, 2.24) is 14.8 Å². The third-order valence-corrected chi connectivity index (χ3v) is 7.28. The van der Waals surface area contributed by atoms with Crippen LogP contribution >= 0.6 is 23.1 Å². The first kappa shape index (κ1) is 21.3. The molecule has 0 aliphatic heterocycles. The fourth-order valence-corrected chi connectivity index (χ4v) is 5.35. The van der Waals surface area contributed by atoms with Crippen molar-refractivity contribution in [2.75, 3.05) is 5.32 Å². The van der Waals surface area contributed by atoms with E-state index in [1.54, 1.807) is 18.5 Å². The Morgan fingerprint density at radius 2 is 2.10 bits per heavy atom. The van der Waals surface area contributed by atoms with Gasteiger partial charge in [-0.3, -0.25) is 9.59 Å². The lowest BCUT2D eigenvalue weighted by Gasteiger charge is -2.11. The van der Waals surface area contributed by atoms with Crippen molar-refractivity contribution in [1.29, 1.82) is 5.26 Å². The zero-order chi connectivity index (χ0) is 21.0. The van der Waals surface area contributed by atoms with Gasteiger partial charge in [0.2, 0.25) is 11.8 Å². The lowest BCUT2D eigenvalue weighted by molar-refractivity contribution is -0.118. The zero-order valence-corrected chi connectivity index (χ0v) is 18.2. The summed E-state index contributed by atoms with van der Waals surface area (Å²) in [7, 11) is 1.80. The predicted octanol–water partition coefficient (Wildman–Crippen LogP) is 2.55. The van der Waals surface area contributed by atoms with Gasteiger partial charge >= 0.3 is 0 Å². The molecule has 1 atom stereocenters. The van der Waals surface area contributed by atoms with Gasteiger partial charge in [0, 0.05) is 24.8 Å². The third kappa shape index (κ3) is 4.97. The number of carbonyl (C=O) groups excluding carboxylic acids is 2. The molecule has 10 heteroatoms. The fraction of sp³-hybridized carbons (Fsp3) is 0.526. The number of carbonyl (C=O) groups is 2. The van der Waals surface area contributed by atoms with E-state index in [4.69, 9.17) is 5.73 Å². The fourth-order valence-electron chi connectivity index (χ4n) is 3.27. The summed E-state index contributed by atoms with van der Waals surface area (Å²) in [4.78, 5) is 24.9. The minimum absolute atomic E-state index is 0.176. The maximum Gasteiger partial charge on any atom is 0.238 e. The number of thiophene rings is 1. The van der Waals surface area contributed by atoms with E-state index in [0.717, 1.165) is 31.2 Å². The standard InChI is InChI=1S/C19H24N6O2S2/c1-11(28-19-24-23-16(25(19)2)9-8-15(21)26)17(27)22-18-13(10-20)12-6-4-3-5-7-14(12)29-18/h11H,3-9H2,1-2H3,(H2,21,26)(H,22,27)/t11-/m1/s1. The van der Waals surface area contributed by atoms with Crippen LogP contribution in [0.25, 0.3) is 0 Å². The highest BCUT2D eigenvalue weighted by atomic mass is 32.2. The van der Waals surface area contributed by atoms with Crippen molar-refractivity contribution in [2.24, 2.45) is 12.8 Å². The first-order valence-electron chi connectivity index (χ1n) is 9.59. The van der Waals surface area contributed by atoms with Gasteiger partial charge in [-0.25, -0.2) is 0 Å². The molecule has 0 unspecified atom stereocenters. The summed E-state index contributed by atoms with van der Waals surface area (Å²) < 4.78 is 1.77. The van der Waals surface area contributed by atoms with Crippen LogP contribution in [0, 0.1) is 11.3 Å². The monoisotopic (exact) mass is 432 g/mol. The van der Waals surface area contributed by atoms with Crippen LogP contribution < -0.4 is 11.1 Å². The number of aromatic nitrogens is 3. The Morgan fingerprint density at radius 1 is 1.34 bits per heavy atom. The number of anilines is 1. The number of nitrogens with zero attached hydrogens (tertiary/aromatic N) is 4. The number of nitrogens with two attached hydrogens (primary N) is 1. The molecule has 0 aromatic carbocycles. The molecule has 2 aromatic rings. The molecule has 0 saturated heterocycles. The molecule has 0 bridgehead atoms. The molecule has 1 aliphatic carbocycles. The number of rotatable bonds is 7. The van der Waals surface area contributed by atoms with E-state index in [1.165, 1.54) is 34.4 Å². The summed E-state index contributed by atoms with van der Waals surface area (Å²) in [6.45, 7) is 1.79. The second-order valence-corrected chi connectivity index (χ2v) is 9.47. The van der Waals surface area contributed by atoms with Crippen LogP contribution in [0.15, 0.2) is 5.16 Å². The topological polar surface area (TPSA) is 127 Å². The van der Waals surface area contributed by atoms with Crippen LogP contribution in [-0.4, -0.2) is 31.8 Å². The molecule has 0 radical (unpaired) electrons. The number of nitrogens with one attached hydrogen (secondary N) is 1. The molecule has 0 saturated carbocycles. The quantitative estimate of drug-likeness (QED) is 0.511. The number of aryl methyl sites for hydroxylation is 2. The lowest BCUT2D eigenvalue weighted by atomic mass is 10.1. The average Bonchev–Trinajstić information content (AvgIpc) is 3.09. The largest absolute Gasteiger partial charge is 0.370 e. The van der Waals surface area contributed by atoms with E-state index in [9.17, 15) is 14.9 Å². The van der Waals surface area contributed by atoms with Gasteiger partial charge in [-0.15, -0.1) is 21.5 Å². The van der Waals surface area contributed by atoms with E-state index in [2.05, 4.69) is 21.6 Å². The normalized spacial score (nSPS) is 14.5. The van der Waals surface area contributed by atoms with Gasteiger partial charge in [-0.05, 0) is 38.2 Å². The maximum atomic E-state index is 12.7. The molecule has 2 amide bonds. The van der Waals surface area contributed by atoms with Crippen molar-refractivity contribution < 1.29 is 9.59 Å². The second kappa shape index (κ2) is 9.41. The summed E-state index contributed by atoms with van der Waals surface area (Å²) >= 11 is 2.81. The molecule has 154 valence electrons. The Kier molecular flexibility index (Phi) is 6.92. The number of thioether (sulfide) groups is 1. The van der Waals surface area contributed by atoms with E-state index >= 15 is 0 Å². The van der Waals surface area contributed by atoms with Gasteiger partial charge in [0.05, 0.1) is 10.8 Å². The zero-order valence-electron chi connectivity index (χ0n) is 16.5. The van der Waals surface area contributed by atoms with E-state index in [1.807, 2.05) is 0 Å². The minimum Gasteiger partial charge on any atom is -0.370 e. The average molecular weight is 433 g/mol. The number of hydrogen-bond donors (Lipinski definition) is 2. The van der Waals surface area contributed by atoms with E-state index < -0.39 is 11.2 Å². The Balaban J connectivity index is 1.67. The summed E-state index contributed by atoms with van der Waals surface area (Å²) in [6.07, 6.45) is 5.88. The summed E-state index contributed by atoms with van der Waals surface area (Å²) in [5.74, 6) is 0.0786. The summed E-state index contributed by atoms with van der Waals surface area (Å²) in [5, 5.41) is 21.6. The Hall–Kier alpha value is -2.38. The number of fused-ring (bicyclic) bond motifs is 1. The first-order valence-corrected chi connectivity index (χ1v) is 11.3. The van der Waals surface area contributed by atoms with Crippen LogP contribution in [0.5, 0.6) is 0 Å². The molecule has 0 fully saturated rings.